The predicted molar refractivity (Wildman–Crippen MR) is 60.7 cm³/mol. The maximum Gasteiger partial charge on any atom is 0.207 e. The summed E-state index contributed by atoms with van der Waals surface area (Å²) in [5.74, 6) is 0. The summed E-state index contributed by atoms with van der Waals surface area (Å²) in [5, 5.41) is 6.92. The molecule has 4 nitrogen and oxygen atoms in total. The van der Waals surface area contributed by atoms with E-state index in [2.05, 4.69) is 22.5 Å². The maximum absolute atomic E-state index is 10.1. The maximum atomic E-state index is 10.1. The van der Waals surface area contributed by atoms with Crippen LogP contribution in [0.2, 0.25) is 0 Å². The highest BCUT2D eigenvalue weighted by atomic mass is 16.1. The highest BCUT2D eigenvalue weighted by Crippen LogP contribution is 2.02. The minimum atomic E-state index is 0.477. The van der Waals surface area contributed by atoms with Crippen LogP contribution < -0.4 is 5.32 Å². The van der Waals surface area contributed by atoms with Crippen molar-refractivity contribution < 1.29 is 4.79 Å². The average Bonchev–Trinajstić information content (AvgIpc) is 2.75. The van der Waals surface area contributed by atoms with Crippen molar-refractivity contribution in [2.45, 2.75) is 13.1 Å². The lowest BCUT2D eigenvalue weighted by molar-refractivity contribution is -0.109. The normalized spacial score (nSPS) is 10.0. The molecule has 1 N–H and O–H groups in total. The minimum Gasteiger partial charge on any atom is -0.353 e. The van der Waals surface area contributed by atoms with Crippen molar-refractivity contribution >= 4 is 6.41 Å². The van der Waals surface area contributed by atoms with Gasteiger partial charge in [-0.3, -0.25) is 9.48 Å². The van der Waals surface area contributed by atoms with Gasteiger partial charge in [-0.2, -0.15) is 5.10 Å². The van der Waals surface area contributed by atoms with E-state index in [1.165, 1.54) is 5.56 Å². The number of aromatic nitrogens is 2. The Morgan fingerprint density at radius 2 is 2.06 bits per heavy atom. The largest absolute Gasteiger partial charge is 0.353 e. The number of carbonyl (C=O) groups excluding carboxylic acids is 1. The average molecular weight is 215 g/mol. The van der Waals surface area contributed by atoms with Gasteiger partial charge in [0.25, 0.3) is 0 Å². The molecule has 0 saturated heterocycles. The SMILES string of the molecule is O=CNCc1ccn(Cc2ccccc2)n1. The molecule has 16 heavy (non-hydrogen) atoms. The van der Waals surface area contributed by atoms with Gasteiger partial charge in [0.1, 0.15) is 0 Å². The van der Waals surface area contributed by atoms with Gasteiger partial charge in [0.05, 0.1) is 18.8 Å². The van der Waals surface area contributed by atoms with E-state index in [-0.39, 0.29) is 0 Å². The monoisotopic (exact) mass is 215 g/mol. The Kier molecular flexibility index (Phi) is 3.33. The van der Waals surface area contributed by atoms with Crippen LogP contribution in [0.4, 0.5) is 0 Å². The summed E-state index contributed by atoms with van der Waals surface area (Å²) in [7, 11) is 0. The number of rotatable bonds is 5. The molecule has 1 aromatic carbocycles. The first-order valence-corrected chi connectivity index (χ1v) is 5.12. The van der Waals surface area contributed by atoms with Crippen LogP contribution in [-0.4, -0.2) is 16.2 Å². The van der Waals surface area contributed by atoms with Crippen molar-refractivity contribution in [2.75, 3.05) is 0 Å². The first-order chi connectivity index (χ1) is 7.88. The van der Waals surface area contributed by atoms with E-state index < -0.39 is 0 Å². The van der Waals surface area contributed by atoms with Gasteiger partial charge in [-0.25, -0.2) is 0 Å². The summed E-state index contributed by atoms with van der Waals surface area (Å²) < 4.78 is 1.86. The van der Waals surface area contributed by atoms with Crippen LogP contribution in [0, 0.1) is 0 Å². The van der Waals surface area contributed by atoms with Gasteiger partial charge in [0.15, 0.2) is 0 Å². The molecule has 0 radical (unpaired) electrons. The van der Waals surface area contributed by atoms with Gasteiger partial charge in [-0.15, -0.1) is 0 Å². The molecule has 1 amide bonds. The molecule has 0 saturated carbocycles. The number of nitrogens with zero attached hydrogens (tertiary/aromatic N) is 2. The number of hydrogen-bond donors (Lipinski definition) is 1. The van der Waals surface area contributed by atoms with E-state index in [1.54, 1.807) is 0 Å². The Bertz CT molecular complexity index is 450. The van der Waals surface area contributed by atoms with Gasteiger partial charge in [-0.1, -0.05) is 30.3 Å². The van der Waals surface area contributed by atoms with Crippen molar-refractivity contribution in [3.05, 3.63) is 53.9 Å². The van der Waals surface area contributed by atoms with E-state index >= 15 is 0 Å². The molecule has 1 heterocycles. The Labute approximate surface area is 93.9 Å². The predicted octanol–water partition coefficient (Wildman–Crippen LogP) is 1.18. The zero-order chi connectivity index (χ0) is 11.2. The summed E-state index contributed by atoms with van der Waals surface area (Å²) in [5.41, 5.74) is 2.07. The molecule has 0 atom stereocenters. The van der Waals surface area contributed by atoms with Crippen LogP contribution in [0.15, 0.2) is 42.6 Å². The molecule has 82 valence electrons. The summed E-state index contributed by atoms with van der Waals surface area (Å²) in [4.78, 5) is 10.1. The Morgan fingerprint density at radius 3 is 2.81 bits per heavy atom. The molecular formula is C12H13N3O. The number of amides is 1. The molecule has 0 aliphatic heterocycles. The fraction of sp³-hybridized carbons (Fsp3) is 0.167. The summed E-state index contributed by atoms with van der Waals surface area (Å²) in [6.07, 6.45) is 2.59. The molecule has 0 unspecified atom stereocenters. The highest BCUT2D eigenvalue weighted by molar-refractivity contribution is 5.45. The number of nitrogens with one attached hydrogen (secondary N) is 1. The lowest BCUT2D eigenvalue weighted by Gasteiger charge is -2.01. The van der Waals surface area contributed by atoms with Crippen molar-refractivity contribution in [1.29, 1.82) is 0 Å². The van der Waals surface area contributed by atoms with Crippen LogP contribution >= 0.6 is 0 Å². The first kappa shape index (κ1) is 10.4. The van der Waals surface area contributed by atoms with E-state index in [4.69, 9.17) is 0 Å². The van der Waals surface area contributed by atoms with Crippen molar-refractivity contribution in [1.82, 2.24) is 15.1 Å². The highest BCUT2D eigenvalue weighted by Gasteiger charge is 1.98. The molecule has 0 bridgehead atoms. The molecule has 0 aliphatic rings. The number of benzene rings is 1. The lowest BCUT2D eigenvalue weighted by atomic mass is 10.2. The van der Waals surface area contributed by atoms with E-state index in [0.717, 1.165) is 12.2 Å². The topological polar surface area (TPSA) is 46.9 Å². The van der Waals surface area contributed by atoms with Gasteiger partial charge in [0, 0.05) is 6.20 Å². The molecule has 0 aliphatic carbocycles. The van der Waals surface area contributed by atoms with Gasteiger partial charge >= 0.3 is 0 Å². The second-order valence-electron chi connectivity index (χ2n) is 3.49. The Hall–Kier alpha value is -2.10. The lowest BCUT2D eigenvalue weighted by Crippen LogP contribution is -2.11. The van der Waals surface area contributed by atoms with Crippen molar-refractivity contribution in [3.63, 3.8) is 0 Å². The molecule has 4 heteroatoms. The van der Waals surface area contributed by atoms with Crippen LogP contribution in [0.3, 0.4) is 0 Å². The molecule has 1 aromatic heterocycles. The number of carbonyl (C=O) groups is 1. The Balaban J connectivity index is 2.00. The zero-order valence-electron chi connectivity index (χ0n) is 8.84. The van der Waals surface area contributed by atoms with Gasteiger partial charge in [-0.05, 0) is 11.6 Å². The minimum absolute atomic E-state index is 0.477. The van der Waals surface area contributed by atoms with E-state index in [0.29, 0.717) is 13.0 Å². The first-order valence-electron chi connectivity index (χ1n) is 5.12. The summed E-state index contributed by atoms with van der Waals surface area (Å²) in [6.45, 7) is 1.23. The van der Waals surface area contributed by atoms with Gasteiger partial charge in [0.2, 0.25) is 6.41 Å². The molecule has 0 fully saturated rings. The summed E-state index contributed by atoms with van der Waals surface area (Å²) in [6, 6.07) is 12.0. The standard InChI is InChI=1S/C12H13N3O/c16-10-13-8-12-6-7-15(14-12)9-11-4-2-1-3-5-11/h1-7,10H,8-9H2,(H,13,16). The third kappa shape index (κ3) is 2.70. The molecular weight excluding hydrogens is 202 g/mol. The fourth-order valence-corrected chi connectivity index (χ4v) is 1.50. The van der Waals surface area contributed by atoms with E-state index in [1.807, 2.05) is 35.1 Å². The Morgan fingerprint density at radius 1 is 1.25 bits per heavy atom. The summed E-state index contributed by atoms with van der Waals surface area (Å²) >= 11 is 0. The second-order valence-corrected chi connectivity index (χ2v) is 3.49. The van der Waals surface area contributed by atoms with Crippen LogP contribution in [0.25, 0.3) is 0 Å². The van der Waals surface area contributed by atoms with Crippen LogP contribution in [0.5, 0.6) is 0 Å². The third-order valence-electron chi connectivity index (χ3n) is 2.25. The zero-order valence-corrected chi connectivity index (χ0v) is 8.84. The quantitative estimate of drug-likeness (QED) is 0.761. The van der Waals surface area contributed by atoms with Gasteiger partial charge < -0.3 is 5.32 Å². The molecule has 2 rings (SSSR count). The number of hydrogen-bond acceptors (Lipinski definition) is 2. The second kappa shape index (κ2) is 5.11. The van der Waals surface area contributed by atoms with E-state index in [9.17, 15) is 4.79 Å². The smallest absolute Gasteiger partial charge is 0.207 e. The van der Waals surface area contributed by atoms with Crippen molar-refractivity contribution in [2.24, 2.45) is 0 Å². The molecule has 0 spiro atoms. The molecule has 2 aromatic rings. The van der Waals surface area contributed by atoms with Crippen molar-refractivity contribution in [3.8, 4) is 0 Å². The van der Waals surface area contributed by atoms with Crippen LogP contribution in [0.1, 0.15) is 11.3 Å². The fourth-order valence-electron chi connectivity index (χ4n) is 1.50. The third-order valence-corrected chi connectivity index (χ3v) is 2.25. The van der Waals surface area contributed by atoms with Crippen LogP contribution in [-0.2, 0) is 17.9 Å².